The first-order valence-electron chi connectivity index (χ1n) is 9.45. The molecule has 0 bridgehead atoms. The number of benzene rings is 2. The molecule has 2 aromatic rings. The molecule has 7 nitrogen and oxygen atoms in total. The van der Waals surface area contributed by atoms with Crippen LogP contribution in [0, 0.1) is 6.92 Å². The highest BCUT2D eigenvalue weighted by Gasteiger charge is 2.23. The van der Waals surface area contributed by atoms with Crippen molar-refractivity contribution in [3.63, 3.8) is 0 Å². The van der Waals surface area contributed by atoms with Crippen LogP contribution in [0.1, 0.15) is 36.7 Å². The Balaban J connectivity index is 2.14. The molecule has 8 heteroatoms. The van der Waals surface area contributed by atoms with E-state index in [-0.39, 0.29) is 23.1 Å². The van der Waals surface area contributed by atoms with Crippen LogP contribution in [0.15, 0.2) is 47.4 Å². The van der Waals surface area contributed by atoms with Crippen molar-refractivity contribution in [1.29, 1.82) is 0 Å². The molecule has 2 N–H and O–H groups in total. The van der Waals surface area contributed by atoms with Gasteiger partial charge in [-0.1, -0.05) is 32.0 Å². The third-order valence-electron chi connectivity index (χ3n) is 4.54. The number of amides is 1. The lowest BCUT2D eigenvalue weighted by Crippen LogP contribution is -2.31. The summed E-state index contributed by atoms with van der Waals surface area (Å²) in [4.78, 5) is 24.2. The summed E-state index contributed by atoms with van der Waals surface area (Å²) in [5.41, 5.74) is 2.04. The summed E-state index contributed by atoms with van der Waals surface area (Å²) in [5.74, 6) is -0.480. The zero-order chi connectivity index (χ0) is 21.6. The normalized spacial score (nSPS) is 11.3. The van der Waals surface area contributed by atoms with Crippen molar-refractivity contribution in [1.82, 2.24) is 4.31 Å². The summed E-state index contributed by atoms with van der Waals surface area (Å²) in [6, 6.07) is 11.8. The van der Waals surface area contributed by atoms with Crippen LogP contribution < -0.4 is 10.6 Å². The Kier molecular flexibility index (Phi) is 7.53. The fourth-order valence-electron chi connectivity index (χ4n) is 2.97. The van der Waals surface area contributed by atoms with E-state index in [1.807, 2.05) is 0 Å². The van der Waals surface area contributed by atoms with Crippen molar-refractivity contribution < 1.29 is 18.0 Å². The predicted octanol–water partition coefficient (Wildman–Crippen LogP) is 3.28. The second-order valence-electron chi connectivity index (χ2n) is 6.57. The first-order chi connectivity index (χ1) is 13.7. The highest BCUT2D eigenvalue weighted by atomic mass is 32.2. The molecule has 0 aromatic heterocycles. The van der Waals surface area contributed by atoms with E-state index >= 15 is 0 Å². The molecule has 2 rings (SSSR count). The van der Waals surface area contributed by atoms with E-state index in [1.165, 1.54) is 11.2 Å². The molecule has 1 amide bonds. The fourth-order valence-corrected chi connectivity index (χ4v) is 4.68. The maximum absolute atomic E-state index is 12.8. The Bertz CT molecular complexity index is 999. The summed E-state index contributed by atoms with van der Waals surface area (Å²) in [5, 5.41) is 5.65. The van der Waals surface area contributed by atoms with Gasteiger partial charge in [0.1, 0.15) is 0 Å². The van der Waals surface area contributed by atoms with E-state index < -0.39 is 10.0 Å². The van der Waals surface area contributed by atoms with Crippen LogP contribution in [-0.2, 0) is 14.8 Å². The minimum absolute atomic E-state index is 0.0694. The first-order valence-corrected chi connectivity index (χ1v) is 10.9. The molecule has 2 aromatic carbocycles. The number of nitrogens with one attached hydrogen (secondary N) is 2. The van der Waals surface area contributed by atoms with Crippen molar-refractivity contribution in [2.24, 2.45) is 0 Å². The molecule has 0 heterocycles. The summed E-state index contributed by atoms with van der Waals surface area (Å²) in [7, 11) is -3.60. The largest absolute Gasteiger partial charge is 0.376 e. The van der Waals surface area contributed by atoms with Gasteiger partial charge in [-0.15, -0.1) is 0 Å². The molecule has 0 atom stereocenters. The minimum Gasteiger partial charge on any atom is -0.376 e. The molecule has 0 unspecified atom stereocenters. The number of carbonyl (C=O) groups excluding carboxylic acids is 2. The molecule has 0 saturated heterocycles. The second-order valence-corrected chi connectivity index (χ2v) is 8.48. The van der Waals surface area contributed by atoms with E-state index in [4.69, 9.17) is 0 Å². The van der Waals surface area contributed by atoms with Crippen molar-refractivity contribution in [3.05, 3.63) is 53.6 Å². The Morgan fingerprint density at radius 1 is 1.03 bits per heavy atom. The van der Waals surface area contributed by atoms with Crippen LogP contribution in [-0.4, -0.2) is 44.0 Å². The van der Waals surface area contributed by atoms with Crippen molar-refractivity contribution in [2.45, 2.75) is 32.6 Å². The maximum Gasteiger partial charge on any atom is 0.243 e. The van der Waals surface area contributed by atoms with Gasteiger partial charge >= 0.3 is 0 Å². The van der Waals surface area contributed by atoms with Gasteiger partial charge in [0.15, 0.2) is 5.78 Å². The van der Waals surface area contributed by atoms with Crippen LogP contribution in [0.2, 0.25) is 0 Å². The lowest BCUT2D eigenvalue weighted by Gasteiger charge is -2.20. The van der Waals surface area contributed by atoms with Gasteiger partial charge in [-0.2, -0.15) is 4.31 Å². The van der Waals surface area contributed by atoms with Gasteiger partial charge in [-0.3, -0.25) is 9.59 Å². The number of carbonyl (C=O) groups is 2. The van der Waals surface area contributed by atoms with Gasteiger partial charge in [0.05, 0.1) is 17.1 Å². The molecule has 0 aliphatic heterocycles. The topological polar surface area (TPSA) is 95.6 Å². The standard InChI is InChI=1S/C21H27N3O4S/c1-5-24(6-2)29(27,28)20-13-17(12-11-15(20)3)22-14-21(26)23-19-10-8-7-9-18(19)16(4)25/h7-13,22H,5-6,14H2,1-4H3,(H,23,26). The van der Waals surface area contributed by atoms with E-state index in [2.05, 4.69) is 10.6 Å². The first kappa shape index (κ1) is 22.6. The summed E-state index contributed by atoms with van der Waals surface area (Å²) >= 11 is 0. The van der Waals surface area contributed by atoms with Gasteiger partial charge in [0.2, 0.25) is 15.9 Å². The van der Waals surface area contributed by atoms with Gasteiger partial charge in [0, 0.05) is 24.3 Å². The Morgan fingerprint density at radius 3 is 2.31 bits per heavy atom. The molecule has 156 valence electrons. The van der Waals surface area contributed by atoms with Crippen molar-refractivity contribution in [3.8, 4) is 0 Å². The minimum atomic E-state index is -3.60. The number of ketones is 1. The zero-order valence-corrected chi connectivity index (χ0v) is 18.0. The number of sulfonamides is 1. The molecule has 0 saturated carbocycles. The molecule has 0 radical (unpaired) electrons. The lowest BCUT2D eigenvalue weighted by molar-refractivity contribution is -0.114. The highest BCUT2D eigenvalue weighted by Crippen LogP contribution is 2.23. The zero-order valence-electron chi connectivity index (χ0n) is 17.2. The van der Waals surface area contributed by atoms with Crippen LogP contribution in [0.3, 0.4) is 0 Å². The smallest absolute Gasteiger partial charge is 0.243 e. The van der Waals surface area contributed by atoms with Gasteiger partial charge in [0.25, 0.3) is 0 Å². The quantitative estimate of drug-likeness (QED) is 0.611. The number of aryl methyl sites for hydroxylation is 1. The molecule has 0 aliphatic carbocycles. The number of nitrogens with zero attached hydrogens (tertiary/aromatic N) is 1. The van der Waals surface area contributed by atoms with Crippen LogP contribution in [0.4, 0.5) is 11.4 Å². The van der Waals surface area contributed by atoms with E-state index in [9.17, 15) is 18.0 Å². The van der Waals surface area contributed by atoms with E-state index in [0.29, 0.717) is 35.6 Å². The molecule has 0 spiro atoms. The maximum atomic E-state index is 12.8. The summed E-state index contributed by atoms with van der Waals surface area (Å²) in [6.45, 7) is 7.46. The molecule has 29 heavy (non-hydrogen) atoms. The Labute approximate surface area is 172 Å². The van der Waals surface area contributed by atoms with Gasteiger partial charge < -0.3 is 10.6 Å². The number of Topliss-reactive ketones (excluding diaryl/α,β-unsaturated/α-hetero) is 1. The van der Waals surface area contributed by atoms with Crippen LogP contribution in [0.5, 0.6) is 0 Å². The molecular formula is C21H27N3O4S. The molecular weight excluding hydrogens is 390 g/mol. The number of rotatable bonds is 9. The van der Waals surface area contributed by atoms with Crippen molar-refractivity contribution >= 4 is 33.1 Å². The molecule has 0 aliphatic rings. The fraction of sp³-hybridized carbons (Fsp3) is 0.333. The number of anilines is 2. The van der Waals surface area contributed by atoms with Crippen LogP contribution >= 0.6 is 0 Å². The highest BCUT2D eigenvalue weighted by molar-refractivity contribution is 7.89. The van der Waals surface area contributed by atoms with Gasteiger partial charge in [-0.05, 0) is 43.7 Å². The lowest BCUT2D eigenvalue weighted by atomic mass is 10.1. The van der Waals surface area contributed by atoms with Crippen molar-refractivity contribution in [2.75, 3.05) is 30.3 Å². The molecule has 0 fully saturated rings. The average molecular weight is 418 g/mol. The summed E-state index contributed by atoms with van der Waals surface area (Å²) in [6.07, 6.45) is 0. The number of hydrogen-bond donors (Lipinski definition) is 2. The third kappa shape index (κ3) is 5.42. The average Bonchev–Trinajstić information content (AvgIpc) is 2.68. The Hall–Kier alpha value is -2.71. The second kappa shape index (κ2) is 9.67. The van der Waals surface area contributed by atoms with E-state index in [0.717, 1.165) is 0 Å². The summed E-state index contributed by atoms with van der Waals surface area (Å²) < 4.78 is 27.1. The van der Waals surface area contributed by atoms with E-state index in [1.54, 1.807) is 63.2 Å². The third-order valence-corrected chi connectivity index (χ3v) is 6.74. The SMILES string of the molecule is CCN(CC)S(=O)(=O)c1cc(NCC(=O)Nc2ccccc2C(C)=O)ccc1C. The predicted molar refractivity (Wildman–Crippen MR) is 115 cm³/mol. The Morgan fingerprint density at radius 2 is 1.69 bits per heavy atom. The monoisotopic (exact) mass is 417 g/mol. The number of hydrogen-bond acceptors (Lipinski definition) is 5. The van der Waals surface area contributed by atoms with Crippen LogP contribution in [0.25, 0.3) is 0 Å². The van der Waals surface area contributed by atoms with Gasteiger partial charge in [-0.25, -0.2) is 8.42 Å². The number of para-hydroxylation sites is 1.